The van der Waals surface area contributed by atoms with Crippen LogP contribution in [0, 0.1) is 0 Å². The van der Waals surface area contributed by atoms with Crippen LogP contribution in [0.15, 0.2) is 58.6 Å². The van der Waals surface area contributed by atoms with Crippen LogP contribution < -0.4 is 17.1 Å². The summed E-state index contributed by atoms with van der Waals surface area (Å²) in [6.07, 6.45) is 8.64. The van der Waals surface area contributed by atoms with Crippen molar-refractivity contribution >= 4 is 30.2 Å². The highest BCUT2D eigenvalue weighted by Crippen LogP contribution is 2.40. The van der Waals surface area contributed by atoms with E-state index >= 15 is 0 Å². The van der Waals surface area contributed by atoms with Gasteiger partial charge in [0, 0.05) is 12.0 Å². The second-order valence-corrected chi connectivity index (χ2v) is 8.63. The first-order valence-electron chi connectivity index (χ1n) is 11.9. The molecule has 0 bridgehead atoms. The summed E-state index contributed by atoms with van der Waals surface area (Å²) in [5.74, 6) is 12.6. The quantitative estimate of drug-likeness (QED) is 0.156. The highest BCUT2D eigenvalue weighted by molar-refractivity contribution is 7.79. The summed E-state index contributed by atoms with van der Waals surface area (Å²) < 4.78 is 0. The molecule has 0 unspecified atom stereocenters. The summed E-state index contributed by atoms with van der Waals surface area (Å²) in [6.45, 7) is 2.73. The molecule has 1 heterocycles. The van der Waals surface area contributed by atoms with Crippen molar-refractivity contribution in [3.63, 3.8) is 0 Å². The number of hydrazone groups is 1. The topological polar surface area (TPSA) is 109 Å². The summed E-state index contributed by atoms with van der Waals surface area (Å²) in [7, 11) is 0. The number of thiol groups is 1. The van der Waals surface area contributed by atoms with Gasteiger partial charge in [-0.2, -0.15) is 17.7 Å². The number of amides is 1. The number of carbonyl (C=O) groups excluding carboxylic acids is 1. The molecule has 1 spiro atoms. The van der Waals surface area contributed by atoms with Gasteiger partial charge in [-0.15, -0.1) is 0 Å². The average Bonchev–Trinajstić information content (AvgIpc) is 3.46. The minimum atomic E-state index is -0.491. The van der Waals surface area contributed by atoms with Gasteiger partial charge in [0.05, 0.1) is 6.54 Å². The second-order valence-electron chi connectivity index (χ2n) is 8.63. The average molecular weight is 481 g/mol. The Morgan fingerprint density at radius 2 is 1.82 bits per heavy atom. The highest BCUT2D eigenvalue weighted by atomic mass is 32.1. The first kappa shape index (κ1) is 25.8. The number of unbranched alkanes of at least 4 members (excludes halogenated alkanes) is 1. The van der Waals surface area contributed by atoms with Crippen LogP contribution in [0.2, 0.25) is 0 Å². The van der Waals surface area contributed by atoms with Gasteiger partial charge < -0.3 is 11.3 Å². The number of hydrogen-bond donors (Lipinski definition) is 4. The predicted molar refractivity (Wildman–Crippen MR) is 144 cm³/mol. The molecule has 2 aliphatic rings. The molecule has 8 heteroatoms. The smallest absolute Gasteiger partial charge is 0.256 e. The first-order valence-corrected chi connectivity index (χ1v) is 12.8. The van der Waals surface area contributed by atoms with E-state index in [0.717, 1.165) is 73.0 Å². The number of hydrazine groups is 1. The van der Waals surface area contributed by atoms with E-state index in [1.165, 1.54) is 0 Å². The lowest BCUT2D eigenvalue weighted by molar-refractivity contribution is -0.131. The molecule has 182 valence electrons. The summed E-state index contributed by atoms with van der Waals surface area (Å²) in [6, 6.07) is 16.1. The molecular weight excluding hydrogens is 444 g/mol. The van der Waals surface area contributed by atoms with Gasteiger partial charge in [-0.3, -0.25) is 14.7 Å². The zero-order valence-corrected chi connectivity index (χ0v) is 21.0. The lowest BCUT2D eigenvalue weighted by Crippen LogP contribution is -2.40. The van der Waals surface area contributed by atoms with Crippen molar-refractivity contribution in [2.45, 2.75) is 64.0 Å². The SMILES string of the molecule is CCCCC1=NC2(CCCC2)C(=O)N1Cc1ccc(-c2ccccc2/C(=N/N)NN)cc1.CS. The van der Waals surface area contributed by atoms with Crippen molar-refractivity contribution in [2.24, 2.45) is 21.8 Å². The van der Waals surface area contributed by atoms with Crippen molar-refractivity contribution < 1.29 is 4.79 Å². The molecule has 0 radical (unpaired) electrons. The minimum Gasteiger partial charge on any atom is -0.321 e. The third-order valence-electron chi connectivity index (χ3n) is 6.54. The number of nitrogens with zero attached hydrogens (tertiary/aromatic N) is 3. The Kier molecular flexibility index (Phi) is 9.12. The molecule has 4 rings (SSSR count). The number of benzene rings is 2. The van der Waals surface area contributed by atoms with Crippen LogP contribution in [-0.4, -0.2) is 34.3 Å². The Balaban J connectivity index is 0.00000158. The summed E-state index contributed by atoms with van der Waals surface area (Å²) in [5.41, 5.74) is 5.99. The van der Waals surface area contributed by atoms with Crippen molar-refractivity contribution in [1.82, 2.24) is 10.3 Å². The van der Waals surface area contributed by atoms with Gasteiger partial charge >= 0.3 is 0 Å². The largest absolute Gasteiger partial charge is 0.321 e. The molecule has 1 aliphatic carbocycles. The standard InChI is InChI=1S/C25H32N6O.CH4S/c1-2-3-10-22-28-25(15-6-7-16-25)24(32)31(22)17-18-11-13-19(14-12-18)20-8-4-5-9-21(20)23(29-26)30-27;1-2/h4-5,8-9,11-14H,2-3,6-7,10,15-17,26-27H2,1H3,(H,29,30);2H,1H3. The fourth-order valence-electron chi connectivity index (χ4n) is 4.80. The van der Waals surface area contributed by atoms with E-state index < -0.39 is 5.54 Å². The summed E-state index contributed by atoms with van der Waals surface area (Å²) in [4.78, 5) is 20.3. The number of rotatable bonds is 7. The van der Waals surface area contributed by atoms with E-state index in [1.807, 2.05) is 29.2 Å². The predicted octanol–water partition coefficient (Wildman–Crippen LogP) is 4.23. The molecule has 1 saturated carbocycles. The normalized spacial score (nSPS) is 16.9. The van der Waals surface area contributed by atoms with Crippen molar-refractivity contribution in [1.29, 1.82) is 0 Å². The van der Waals surface area contributed by atoms with Gasteiger partial charge in [0.1, 0.15) is 11.4 Å². The van der Waals surface area contributed by atoms with E-state index in [-0.39, 0.29) is 5.91 Å². The Morgan fingerprint density at radius 1 is 1.15 bits per heavy atom. The van der Waals surface area contributed by atoms with Gasteiger partial charge in [-0.1, -0.05) is 74.7 Å². The molecule has 1 amide bonds. The Hall–Kier alpha value is -2.84. The van der Waals surface area contributed by atoms with E-state index in [0.29, 0.717) is 12.4 Å². The Bertz CT molecular complexity index is 1030. The van der Waals surface area contributed by atoms with Crippen molar-refractivity contribution in [3.05, 3.63) is 59.7 Å². The molecular formula is C26H36N6OS. The van der Waals surface area contributed by atoms with Crippen LogP contribution in [0.4, 0.5) is 0 Å². The third-order valence-corrected chi connectivity index (χ3v) is 6.54. The number of amidine groups is 2. The number of nitrogens with two attached hydrogens (primary N) is 2. The van der Waals surface area contributed by atoms with Crippen molar-refractivity contribution in [2.75, 3.05) is 6.26 Å². The van der Waals surface area contributed by atoms with Gasteiger partial charge in [0.2, 0.25) is 0 Å². The maximum absolute atomic E-state index is 13.3. The molecule has 2 aromatic carbocycles. The van der Waals surface area contributed by atoms with Gasteiger partial charge in [0.15, 0.2) is 5.84 Å². The molecule has 34 heavy (non-hydrogen) atoms. The van der Waals surface area contributed by atoms with E-state index in [2.05, 4.69) is 54.3 Å². The third kappa shape index (κ3) is 5.28. The fourth-order valence-corrected chi connectivity index (χ4v) is 4.80. The number of nitrogens with one attached hydrogen (secondary N) is 1. The number of hydrogen-bond acceptors (Lipinski definition) is 6. The van der Waals surface area contributed by atoms with Gasteiger partial charge in [-0.25, -0.2) is 5.84 Å². The lowest BCUT2D eigenvalue weighted by Gasteiger charge is -2.23. The summed E-state index contributed by atoms with van der Waals surface area (Å²) >= 11 is 3.53. The molecule has 1 aliphatic heterocycles. The van der Waals surface area contributed by atoms with Crippen LogP contribution in [0.25, 0.3) is 11.1 Å². The Morgan fingerprint density at radius 3 is 2.44 bits per heavy atom. The highest BCUT2D eigenvalue weighted by Gasteiger charge is 2.49. The van der Waals surface area contributed by atoms with E-state index in [9.17, 15) is 4.79 Å². The lowest BCUT2D eigenvalue weighted by atomic mass is 9.97. The zero-order valence-electron chi connectivity index (χ0n) is 20.1. The van der Waals surface area contributed by atoms with Crippen molar-refractivity contribution in [3.8, 4) is 11.1 Å². The van der Waals surface area contributed by atoms with Gasteiger partial charge in [-0.05, 0) is 42.2 Å². The van der Waals surface area contributed by atoms with E-state index in [1.54, 1.807) is 6.26 Å². The molecule has 2 aromatic rings. The molecule has 0 atom stereocenters. The molecule has 5 N–H and O–H groups in total. The number of aliphatic imine (C=N–C) groups is 1. The second kappa shape index (κ2) is 12.0. The van der Waals surface area contributed by atoms with Crippen LogP contribution in [0.5, 0.6) is 0 Å². The van der Waals surface area contributed by atoms with Crippen LogP contribution in [-0.2, 0) is 11.3 Å². The summed E-state index contributed by atoms with van der Waals surface area (Å²) in [5, 5.41) is 3.75. The van der Waals surface area contributed by atoms with E-state index in [4.69, 9.17) is 16.7 Å². The zero-order chi connectivity index (χ0) is 24.6. The van der Waals surface area contributed by atoms with Crippen LogP contribution in [0.1, 0.15) is 63.0 Å². The molecule has 0 saturated heterocycles. The molecule has 0 aromatic heterocycles. The maximum Gasteiger partial charge on any atom is 0.256 e. The number of carbonyl (C=O) groups is 1. The fraction of sp³-hybridized carbons (Fsp3) is 0.423. The van der Waals surface area contributed by atoms with Crippen LogP contribution in [0.3, 0.4) is 0 Å². The molecule has 7 nitrogen and oxygen atoms in total. The minimum absolute atomic E-state index is 0.188. The molecule has 1 fully saturated rings. The monoisotopic (exact) mass is 480 g/mol. The van der Waals surface area contributed by atoms with Gasteiger partial charge in [0.25, 0.3) is 5.91 Å². The van der Waals surface area contributed by atoms with Crippen LogP contribution >= 0.6 is 12.6 Å². The maximum atomic E-state index is 13.3. The first-order chi connectivity index (χ1) is 16.6. The Labute approximate surface area is 208 Å².